The molecule has 0 spiro atoms. The van der Waals surface area contributed by atoms with Gasteiger partial charge in [0.05, 0.1) is 11.4 Å². The number of alkyl halides is 1. The molecule has 0 amide bonds. The van der Waals surface area contributed by atoms with Crippen LogP contribution in [0.3, 0.4) is 0 Å². The average Bonchev–Trinajstić information content (AvgIpc) is 2.15. The van der Waals surface area contributed by atoms with Crippen molar-refractivity contribution >= 4 is 23.2 Å². The average molecular weight is 210 g/mol. The summed E-state index contributed by atoms with van der Waals surface area (Å²) in [6, 6.07) is 6.98. The minimum Gasteiger partial charge on any atom is -0.192 e. The topological polar surface area (TPSA) is 23.8 Å². The van der Waals surface area contributed by atoms with E-state index in [0.717, 1.165) is 0 Å². The van der Waals surface area contributed by atoms with Gasteiger partial charge in [0.2, 0.25) is 0 Å². The lowest BCUT2D eigenvalue weighted by molar-refractivity contribution is 1.47. The highest BCUT2D eigenvalue weighted by Gasteiger charge is 1.98. The van der Waals surface area contributed by atoms with Crippen LogP contribution in [-0.2, 0) is 0 Å². The Balaban J connectivity index is 3.18. The molecule has 0 fully saturated rings. The highest BCUT2D eigenvalue weighted by Crippen LogP contribution is 2.14. The van der Waals surface area contributed by atoms with E-state index in [-0.39, 0.29) is 5.88 Å². The van der Waals surface area contributed by atoms with Crippen LogP contribution in [0.25, 0.3) is 0 Å². The third-order valence-electron chi connectivity index (χ3n) is 1.39. The Bertz CT molecular complexity index is 407. The van der Waals surface area contributed by atoms with Gasteiger partial charge in [0, 0.05) is 10.6 Å². The summed E-state index contributed by atoms with van der Waals surface area (Å²) in [5, 5.41) is 9.28. The van der Waals surface area contributed by atoms with Gasteiger partial charge in [-0.05, 0) is 18.2 Å². The highest BCUT2D eigenvalue weighted by atomic mass is 35.5. The largest absolute Gasteiger partial charge is 0.192 e. The van der Waals surface area contributed by atoms with Crippen LogP contribution in [0.15, 0.2) is 18.2 Å². The third-order valence-corrected chi connectivity index (χ3v) is 1.76. The van der Waals surface area contributed by atoms with Gasteiger partial charge in [-0.3, -0.25) is 0 Å². The Hall–Kier alpha value is -1.15. The van der Waals surface area contributed by atoms with E-state index in [1.165, 1.54) is 0 Å². The van der Waals surface area contributed by atoms with E-state index >= 15 is 0 Å². The molecule has 3 heteroatoms. The first-order chi connectivity index (χ1) is 6.27. The zero-order valence-corrected chi connectivity index (χ0v) is 8.15. The van der Waals surface area contributed by atoms with E-state index in [1.807, 2.05) is 6.07 Å². The summed E-state index contributed by atoms with van der Waals surface area (Å²) in [7, 11) is 0. The second kappa shape index (κ2) is 4.77. The fourth-order valence-electron chi connectivity index (χ4n) is 0.846. The molecule has 0 aliphatic rings. The number of benzene rings is 1. The first kappa shape index (κ1) is 9.93. The molecule has 0 aromatic heterocycles. The SMILES string of the molecule is N#Cc1ccc(Cl)cc1C#CCCl. The van der Waals surface area contributed by atoms with Crippen LogP contribution in [-0.4, -0.2) is 5.88 Å². The Kier molecular flexibility index (Phi) is 3.65. The lowest BCUT2D eigenvalue weighted by Crippen LogP contribution is -1.82. The first-order valence-corrected chi connectivity index (χ1v) is 4.43. The van der Waals surface area contributed by atoms with Crippen molar-refractivity contribution < 1.29 is 0 Å². The normalized spacial score (nSPS) is 8.38. The Morgan fingerprint density at radius 1 is 1.31 bits per heavy atom. The molecule has 13 heavy (non-hydrogen) atoms. The summed E-state index contributed by atoms with van der Waals surface area (Å²) in [4.78, 5) is 0. The zero-order valence-electron chi connectivity index (χ0n) is 6.64. The van der Waals surface area contributed by atoms with Crippen molar-refractivity contribution in [3.63, 3.8) is 0 Å². The van der Waals surface area contributed by atoms with Gasteiger partial charge >= 0.3 is 0 Å². The molecule has 0 saturated heterocycles. The summed E-state index contributed by atoms with van der Waals surface area (Å²) in [6.45, 7) is 0. The summed E-state index contributed by atoms with van der Waals surface area (Å²) < 4.78 is 0. The standard InChI is InChI=1S/C10H5Cl2N/c11-5-1-2-8-6-10(12)4-3-9(8)7-13/h3-4,6H,5H2. The first-order valence-electron chi connectivity index (χ1n) is 3.52. The Morgan fingerprint density at radius 3 is 2.69 bits per heavy atom. The van der Waals surface area contributed by atoms with E-state index in [2.05, 4.69) is 11.8 Å². The Morgan fingerprint density at radius 2 is 2.08 bits per heavy atom. The molecule has 0 radical (unpaired) electrons. The van der Waals surface area contributed by atoms with Gasteiger partial charge in [-0.2, -0.15) is 5.26 Å². The maximum atomic E-state index is 8.71. The van der Waals surface area contributed by atoms with Crippen molar-refractivity contribution in [1.82, 2.24) is 0 Å². The summed E-state index contributed by atoms with van der Waals surface area (Å²) in [5.41, 5.74) is 1.14. The fourth-order valence-corrected chi connectivity index (χ4v) is 1.08. The maximum Gasteiger partial charge on any atom is 0.100 e. The van der Waals surface area contributed by atoms with E-state index in [4.69, 9.17) is 28.5 Å². The van der Waals surface area contributed by atoms with Crippen LogP contribution in [0.5, 0.6) is 0 Å². The minimum atomic E-state index is 0.247. The van der Waals surface area contributed by atoms with Crippen molar-refractivity contribution in [3.8, 4) is 17.9 Å². The minimum absolute atomic E-state index is 0.247. The predicted octanol–water partition coefficient (Wildman–Crippen LogP) is 2.80. The van der Waals surface area contributed by atoms with Gasteiger partial charge in [-0.1, -0.05) is 23.4 Å². The van der Waals surface area contributed by atoms with Gasteiger partial charge in [0.15, 0.2) is 0 Å². The van der Waals surface area contributed by atoms with E-state index in [0.29, 0.717) is 16.1 Å². The lowest BCUT2D eigenvalue weighted by Gasteiger charge is -1.94. The molecule has 1 rings (SSSR count). The van der Waals surface area contributed by atoms with Crippen molar-refractivity contribution in [1.29, 1.82) is 5.26 Å². The molecule has 0 heterocycles. The summed E-state index contributed by atoms with van der Waals surface area (Å²) in [5.74, 6) is 5.69. The second-order valence-corrected chi connectivity index (χ2v) is 2.94. The van der Waals surface area contributed by atoms with Crippen LogP contribution in [0.4, 0.5) is 0 Å². The second-order valence-electron chi connectivity index (χ2n) is 2.24. The number of nitriles is 1. The van der Waals surface area contributed by atoms with Crippen LogP contribution >= 0.6 is 23.2 Å². The van der Waals surface area contributed by atoms with Gasteiger partial charge in [-0.25, -0.2) is 0 Å². The third kappa shape index (κ3) is 2.67. The molecule has 0 aliphatic heterocycles. The van der Waals surface area contributed by atoms with E-state index in [1.54, 1.807) is 18.2 Å². The number of rotatable bonds is 0. The predicted molar refractivity (Wildman–Crippen MR) is 53.8 cm³/mol. The van der Waals surface area contributed by atoms with Crippen molar-refractivity contribution in [2.45, 2.75) is 0 Å². The smallest absolute Gasteiger partial charge is 0.100 e. The van der Waals surface area contributed by atoms with Crippen molar-refractivity contribution in [2.75, 3.05) is 5.88 Å². The van der Waals surface area contributed by atoms with Crippen LogP contribution in [0, 0.1) is 23.2 Å². The fraction of sp³-hybridized carbons (Fsp3) is 0.100. The number of nitrogens with zero attached hydrogens (tertiary/aromatic N) is 1. The van der Waals surface area contributed by atoms with Gasteiger partial charge in [-0.15, -0.1) is 11.6 Å². The molecule has 64 valence electrons. The van der Waals surface area contributed by atoms with Crippen LogP contribution < -0.4 is 0 Å². The molecule has 0 bridgehead atoms. The molecule has 0 aliphatic carbocycles. The highest BCUT2D eigenvalue weighted by molar-refractivity contribution is 6.30. The van der Waals surface area contributed by atoms with E-state index in [9.17, 15) is 0 Å². The molecule has 1 aromatic rings. The molecular weight excluding hydrogens is 205 g/mol. The summed E-state index contributed by atoms with van der Waals surface area (Å²) >= 11 is 11.1. The van der Waals surface area contributed by atoms with Crippen LogP contribution in [0.2, 0.25) is 5.02 Å². The van der Waals surface area contributed by atoms with Gasteiger partial charge in [0.1, 0.15) is 6.07 Å². The zero-order chi connectivity index (χ0) is 9.68. The number of halogens is 2. The molecule has 0 unspecified atom stereocenters. The monoisotopic (exact) mass is 209 g/mol. The van der Waals surface area contributed by atoms with Gasteiger partial charge < -0.3 is 0 Å². The van der Waals surface area contributed by atoms with Crippen molar-refractivity contribution in [2.24, 2.45) is 0 Å². The molecular formula is C10H5Cl2N. The van der Waals surface area contributed by atoms with E-state index < -0.39 is 0 Å². The number of hydrogen-bond donors (Lipinski definition) is 0. The molecule has 1 aromatic carbocycles. The summed E-state index contributed by atoms with van der Waals surface area (Å²) in [6.07, 6.45) is 0. The molecule has 0 atom stereocenters. The molecule has 0 N–H and O–H groups in total. The number of hydrogen-bond acceptors (Lipinski definition) is 1. The Labute approximate surface area is 86.9 Å². The quantitative estimate of drug-likeness (QED) is 0.477. The maximum absolute atomic E-state index is 8.71. The lowest BCUT2D eigenvalue weighted by atomic mass is 10.1. The van der Waals surface area contributed by atoms with Crippen LogP contribution in [0.1, 0.15) is 11.1 Å². The van der Waals surface area contributed by atoms with Crippen molar-refractivity contribution in [3.05, 3.63) is 34.3 Å². The molecule has 0 saturated carbocycles. The van der Waals surface area contributed by atoms with Gasteiger partial charge in [0.25, 0.3) is 0 Å². The molecule has 1 nitrogen and oxygen atoms in total.